The predicted octanol–water partition coefficient (Wildman–Crippen LogP) is 3.44. The van der Waals surface area contributed by atoms with E-state index in [1.165, 1.54) is 6.33 Å². The van der Waals surface area contributed by atoms with Crippen molar-refractivity contribution in [1.82, 2.24) is 19.5 Å². The van der Waals surface area contributed by atoms with E-state index >= 15 is 0 Å². The number of nitrogens with two attached hydrogens (primary N) is 1. The Morgan fingerprint density at radius 1 is 1.18 bits per heavy atom. The van der Waals surface area contributed by atoms with Gasteiger partial charge in [-0.05, 0) is 32.4 Å². The minimum atomic E-state index is -3.36. The van der Waals surface area contributed by atoms with Gasteiger partial charge in [-0.1, -0.05) is 18.2 Å². The zero-order chi connectivity index (χ0) is 24.1. The van der Waals surface area contributed by atoms with Crippen molar-refractivity contribution >= 4 is 30.5 Å². The molecule has 3 aromatic rings. The lowest BCUT2D eigenvalue weighted by Gasteiger charge is -2.23. The first-order chi connectivity index (χ1) is 16.4. The van der Waals surface area contributed by atoms with Crippen LogP contribution in [0.25, 0.3) is 11.2 Å². The molecule has 0 saturated carbocycles. The second kappa shape index (κ2) is 10.6. The highest BCUT2D eigenvalue weighted by Gasteiger charge is 2.42. The normalized spacial score (nSPS) is 20.6. The number of ether oxygens (including phenoxy) is 2. The molecule has 4 rings (SSSR count). The van der Waals surface area contributed by atoms with Gasteiger partial charge in [0.15, 0.2) is 11.5 Å². The van der Waals surface area contributed by atoms with Gasteiger partial charge < -0.3 is 24.3 Å². The van der Waals surface area contributed by atoms with Gasteiger partial charge in [0.2, 0.25) is 0 Å². The third-order valence-electron chi connectivity index (χ3n) is 5.56. The molecule has 3 atom stereocenters. The zero-order valence-corrected chi connectivity index (χ0v) is 20.0. The second-order valence-electron chi connectivity index (χ2n) is 7.80. The summed E-state index contributed by atoms with van der Waals surface area (Å²) in [6, 6.07) is 8.71. The summed E-state index contributed by atoms with van der Waals surface area (Å²) < 4.78 is 37.8. The number of nitrogen functional groups attached to an aromatic ring is 1. The molecule has 0 unspecified atom stereocenters. The summed E-state index contributed by atoms with van der Waals surface area (Å²) in [6.07, 6.45) is 2.51. The number of hydrogen-bond donors (Lipinski definition) is 1. The molecule has 12 heteroatoms. The van der Waals surface area contributed by atoms with Crippen LogP contribution in [0.15, 0.2) is 43.0 Å². The smallest absolute Gasteiger partial charge is 0.338 e. The molecule has 3 heterocycles. The number of hydrogen-bond acceptors (Lipinski definition) is 10. The van der Waals surface area contributed by atoms with Crippen molar-refractivity contribution in [2.45, 2.75) is 32.6 Å². The summed E-state index contributed by atoms with van der Waals surface area (Å²) in [5, 5.41) is 0. The van der Waals surface area contributed by atoms with E-state index < -0.39 is 25.9 Å². The summed E-state index contributed by atoms with van der Waals surface area (Å²) >= 11 is 0. The van der Waals surface area contributed by atoms with Crippen LogP contribution < -0.4 is 5.73 Å². The molecule has 1 aromatic carbocycles. The molecule has 1 fully saturated rings. The van der Waals surface area contributed by atoms with Gasteiger partial charge in [0.05, 0.1) is 37.4 Å². The highest BCUT2D eigenvalue weighted by atomic mass is 31.2. The lowest BCUT2D eigenvalue weighted by atomic mass is 10.0. The molecule has 0 amide bonds. The number of imidazole rings is 1. The molecule has 2 aromatic heterocycles. The predicted molar refractivity (Wildman–Crippen MR) is 124 cm³/mol. The average molecular weight is 489 g/mol. The second-order valence-corrected chi connectivity index (χ2v) is 9.90. The monoisotopic (exact) mass is 489 g/mol. The molecule has 1 aliphatic rings. The molecule has 0 bridgehead atoms. The summed E-state index contributed by atoms with van der Waals surface area (Å²) in [6.45, 7) is 4.02. The number of benzene rings is 1. The van der Waals surface area contributed by atoms with E-state index in [1.54, 1.807) is 49.0 Å². The van der Waals surface area contributed by atoms with Gasteiger partial charge >= 0.3 is 13.6 Å². The van der Waals surface area contributed by atoms with Gasteiger partial charge in [0.25, 0.3) is 0 Å². The molecular formula is C22H28N5O6P. The summed E-state index contributed by atoms with van der Waals surface area (Å²) in [5.74, 6) is -0.462. The maximum absolute atomic E-state index is 13.3. The molecular weight excluding hydrogens is 461 g/mol. The minimum Gasteiger partial charge on any atom is -0.459 e. The van der Waals surface area contributed by atoms with Crippen molar-refractivity contribution in [2.24, 2.45) is 5.92 Å². The Hall–Kier alpha value is -2.85. The van der Waals surface area contributed by atoms with Crippen LogP contribution in [0.3, 0.4) is 0 Å². The Balaban J connectivity index is 1.56. The number of carbonyl (C=O) groups is 1. The molecule has 2 N–H and O–H groups in total. The van der Waals surface area contributed by atoms with Gasteiger partial charge in [-0.15, -0.1) is 0 Å². The number of rotatable bonds is 10. The van der Waals surface area contributed by atoms with E-state index in [1.807, 2.05) is 6.07 Å². The SMILES string of the molecule is CCOP(=O)(C[C@H]1C[C@H](n2cnc3c(N)ncnc32)O[C@@H]1COC(=O)c1ccccc1)OCC. The minimum absolute atomic E-state index is 0.0170. The number of esters is 1. The van der Waals surface area contributed by atoms with Crippen LogP contribution in [0.4, 0.5) is 5.82 Å². The summed E-state index contributed by atoms with van der Waals surface area (Å²) in [5.41, 5.74) is 7.35. The number of carbonyl (C=O) groups excluding carboxylic acids is 1. The van der Waals surface area contributed by atoms with Crippen LogP contribution in [0.2, 0.25) is 0 Å². The van der Waals surface area contributed by atoms with Gasteiger partial charge in [0, 0.05) is 5.92 Å². The molecule has 1 aliphatic heterocycles. The first kappa shape index (κ1) is 24.3. The van der Waals surface area contributed by atoms with Crippen LogP contribution in [0.1, 0.15) is 36.9 Å². The largest absolute Gasteiger partial charge is 0.459 e. The molecule has 0 spiro atoms. The van der Waals surface area contributed by atoms with Crippen LogP contribution >= 0.6 is 7.60 Å². The number of nitrogens with zero attached hydrogens (tertiary/aromatic N) is 4. The fourth-order valence-electron chi connectivity index (χ4n) is 4.05. The average Bonchev–Trinajstić information content (AvgIpc) is 3.43. The van der Waals surface area contributed by atoms with Gasteiger partial charge in [-0.25, -0.2) is 19.7 Å². The van der Waals surface area contributed by atoms with Crippen LogP contribution in [0.5, 0.6) is 0 Å². The maximum Gasteiger partial charge on any atom is 0.338 e. The van der Waals surface area contributed by atoms with Crippen LogP contribution in [-0.4, -0.2) is 57.6 Å². The van der Waals surface area contributed by atoms with E-state index in [9.17, 15) is 9.36 Å². The summed E-state index contributed by atoms with van der Waals surface area (Å²) in [7, 11) is -3.36. The number of aromatic nitrogens is 4. The van der Waals surface area contributed by atoms with E-state index in [-0.39, 0.29) is 37.7 Å². The molecule has 1 saturated heterocycles. The molecule has 34 heavy (non-hydrogen) atoms. The van der Waals surface area contributed by atoms with Crippen molar-refractivity contribution in [1.29, 1.82) is 0 Å². The third-order valence-corrected chi connectivity index (χ3v) is 7.78. The van der Waals surface area contributed by atoms with Crippen molar-refractivity contribution in [3.8, 4) is 0 Å². The highest BCUT2D eigenvalue weighted by molar-refractivity contribution is 7.53. The maximum atomic E-state index is 13.3. The Bertz CT molecular complexity index is 1160. The Labute approximate surface area is 197 Å². The lowest BCUT2D eigenvalue weighted by Crippen LogP contribution is -2.27. The van der Waals surface area contributed by atoms with Gasteiger partial charge in [0.1, 0.15) is 24.7 Å². The Morgan fingerprint density at radius 3 is 2.62 bits per heavy atom. The lowest BCUT2D eigenvalue weighted by molar-refractivity contribution is -0.0374. The van der Waals surface area contributed by atoms with Crippen LogP contribution in [-0.2, 0) is 23.1 Å². The molecule has 182 valence electrons. The van der Waals surface area contributed by atoms with E-state index in [4.69, 9.17) is 24.3 Å². The molecule has 11 nitrogen and oxygen atoms in total. The highest BCUT2D eigenvalue weighted by Crippen LogP contribution is 2.53. The van der Waals surface area contributed by atoms with Crippen molar-refractivity contribution < 1.29 is 27.9 Å². The molecule has 0 aliphatic carbocycles. The quantitative estimate of drug-likeness (QED) is 0.332. The Kier molecular flexibility index (Phi) is 7.57. The number of fused-ring (bicyclic) bond motifs is 1. The first-order valence-electron chi connectivity index (χ1n) is 11.1. The van der Waals surface area contributed by atoms with Crippen LogP contribution in [0, 0.1) is 5.92 Å². The number of anilines is 1. The third kappa shape index (κ3) is 5.28. The van der Waals surface area contributed by atoms with Crippen molar-refractivity contribution in [3.63, 3.8) is 0 Å². The van der Waals surface area contributed by atoms with Gasteiger partial charge in [-0.3, -0.25) is 9.13 Å². The fourth-order valence-corrected chi connectivity index (χ4v) is 6.08. The topological polar surface area (TPSA) is 141 Å². The fraction of sp³-hybridized carbons (Fsp3) is 0.455. The zero-order valence-electron chi connectivity index (χ0n) is 19.1. The van der Waals surface area contributed by atoms with Crippen molar-refractivity contribution in [2.75, 3.05) is 31.7 Å². The van der Waals surface area contributed by atoms with Gasteiger partial charge in [-0.2, -0.15) is 0 Å². The standard InChI is InChI=1S/C22H28N5O6P/c1-3-31-34(29,32-4-2)12-16-10-18(27-14-26-19-20(23)24-13-25-21(19)27)33-17(16)11-30-22(28)15-8-6-5-7-9-15/h5-9,13-14,16-18H,3-4,10-12H2,1-2H3,(H2,23,24,25)/t16-,17-,18-/m1/s1. The molecule has 0 radical (unpaired) electrons. The van der Waals surface area contributed by atoms with Crippen molar-refractivity contribution in [3.05, 3.63) is 48.5 Å². The van der Waals surface area contributed by atoms with E-state index in [0.29, 0.717) is 23.1 Å². The Morgan fingerprint density at radius 2 is 1.91 bits per heavy atom. The van der Waals surface area contributed by atoms with E-state index in [2.05, 4.69) is 15.0 Å². The van der Waals surface area contributed by atoms with E-state index in [0.717, 1.165) is 0 Å². The summed E-state index contributed by atoms with van der Waals surface area (Å²) in [4.78, 5) is 25.0. The first-order valence-corrected chi connectivity index (χ1v) is 12.9.